The molecule has 1 N–H and O–H groups in total. The Morgan fingerprint density at radius 2 is 2.03 bits per heavy atom. The Balaban J connectivity index is 1.76. The van der Waals surface area contributed by atoms with Crippen molar-refractivity contribution in [1.82, 2.24) is 30.1 Å². The van der Waals surface area contributed by atoms with Crippen LogP contribution in [-0.4, -0.2) is 37.2 Å². The van der Waals surface area contributed by atoms with Gasteiger partial charge in [0.15, 0.2) is 5.82 Å². The highest BCUT2D eigenvalue weighted by Crippen LogP contribution is 2.30. The number of nitrogens with one attached hydrogen (secondary N) is 1. The van der Waals surface area contributed by atoms with Crippen LogP contribution < -0.4 is 10.3 Å². The van der Waals surface area contributed by atoms with E-state index in [0.29, 0.717) is 18.7 Å². The van der Waals surface area contributed by atoms with E-state index in [1.165, 1.54) is 4.88 Å². The first-order valence-corrected chi connectivity index (χ1v) is 11.9. The fraction of sp³-hybridized carbons (Fsp3) is 0.417. The molecule has 0 aliphatic heterocycles. The number of nitrogens with zero attached hydrogens (tertiary/aromatic N) is 5. The summed E-state index contributed by atoms with van der Waals surface area (Å²) in [5.41, 5.74) is 1.14. The van der Waals surface area contributed by atoms with Gasteiger partial charge in [-0.15, -0.1) is 16.4 Å². The van der Waals surface area contributed by atoms with E-state index in [4.69, 9.17) is 4.74 Å². The highest BCUT2D eigenvalue weighted by atomic mass is 32.1. The van der Waals surface area contributed by atoms with Crippen molar-refractivity contribution in [3.05, 3.63) is 68.4 Å². The Hall–Kier alpha value is -3.04. The Morgan fingerprint density at radius 1 is 1.21 bits per heavy atom. The number of H-pyrrole nitrogens is 1. The lowest BCUT2D eigenvalue weighted by molar-refractivity contribution is 0.155. The number of hydrogen-bond donors (Lipinski definition) is 1. The highest BCUT2D eigenvalue weighted by Gasteiger charge is 2.29. The van der Waals surface area contributed by atoms with E-state index in [9.17, 15) is 4.79 Å². The number of hydrogen-bond acceptors (Lipinski definition) is 7. The summed E-state index contributed by atoms with van der Waals surface area (Å²) >= 11 is 1.71. The minimum absolute atomic E-state index is 0.0540. The van der Waals surface area contributed by atoms with E-state index in [-0.39, 0.29) is 17.1 Å². The number of thiophene rings is 1. The molecule has 8 nitrogen and oxygen atoms in total. The fourth-order valence-corrected chi connectivity index (χ4v) is 4.79. The first kappa shape index (κ1) is 23.1. The third-order valence-corrected chi connectivity index (χ3v) is 6.56. The van der Waals surface area contributed by atoms with Crippen molar-refractivity contribution in [3.63, 3.8) is 0 Å². The van der Waals surface area contributed by atoms with Crippen molar-refractivity contribution in [2.75, 3.05) is 7.11 Å². The van der Waals surface area contributed by atoms with Crippen LogP contribution in [0.4, 0.5) is 0 Å². The van der Waals surface area contributed by atoms with Crippen LogP contribution in [0.1, 0.15) is 56.4 Å². The number of ether oxygens (including phenoxy) is 1. The van der Waals surface area contributed by atoms with E-state index < -0.39 is 0 Å². The minimum atomic E-state index is -0.252. The lowest BCUT2D eigenvalue weighted by Crippen LogP contribution is -2.35. The molecular formula is C24H30N6O2S. The van der Waals surface area contributed by atoms with Gasteiger partial charge in [0.2, 0.25) is 0 Å². The number of pyridine rings is 1. The highest BCUT2D eigenvalue weighted by molar-refractivity contribution is 7.09. The molecule has 0 spiro atoms. The van der Waals surface area contributed by atoms with Gasteiger partial charge in [-0.3, -0.25) is 9.69 Å². The van der Waals surface area contributed by atoms with Crippen molar-refractivity contribution in [2.24, 2.45) is 0 Å². The lowest BCUT2D eigenvalue weighted by Gasteiger charge is -2.32. The van der Waals surface area contributed by atoms with Gasteiger partial charge in [0.1, 0.15) is 5.75 Å². The number of aromatic amines is 1. The summed E-state index contributed by atoms with van der Waals surface area (Å²) in [4.78, 5) is 19.5. The van der Waals surface area contributed by atoms with Gasteiger partial charge in [0, 0.05) is 34.4 Å². The molecule has 0 amide bonds. The van der Waals surface area contributed by atoms with Crippen LogP contribution in [0.3, 0.4) is 0 Å². The lowest BCUT2D eigenvalue weighted by atomic mass is 10.1. The van der Waals surface area contributed by atoms with Gasteiger partial charge >= 0.3 is 0 Å². The van der Waals surface area contributed by atoms with Crippen LogP contribution >= 0.6 is 11.3 Å². The Kier molecular flexibility index (Phi) is 6.62. The van der Waals surface area contributed by atoms with Crippen molar-refractivity contribution in [2.45, 2.75) is 58.8 Å². The predicted molar refractivity (Wildman–Crippen MR) is 131 cm³/mol. The molecule has 1 unspecified atom stereocenters. The van der Waals surface area contributed by atoms with Crippen molar-refractivity contribution in [1.29, 1.82) is 0 Å². The summed E-state index contributed by atoms with van der Waals surface area (Å²) in [5, 5.41) is 15.7. The van der Waals surface area contributed by atoms with Crippen LogP contribution in [-0.2, 0) is 18.6 Å². The van der Waals surface area contributed by atoms with Crippen LogP contribution in [0.5, 0.6) is 5.75 Å². The van der Waals surface area contributed by atoms with Crippen LogP contribution in [0.25, 0.3) is 10.9 Å². The van der Waals surface area contributed by atoms with Gasteiger partial charge in [0.05, 0.1) is 18.7 Å². The van der Waals surface area contributed by atoms with Crippen LogP contribution in [0, 0.1) is 0 Å². The number of fused-ring (bicyclic) bond motifs is 1. The van der Waals surface area contributed by atoms with Crippen molar-refractivity contribution < 1.29 is 4.74 Å². The maximum absolute atomic E-state index is 13.0. The summed E-state index contributed by atoms with van der Waals surface area (Å²) in [5.74, 6) is 1.56. The molecule has 3 heterocycles. The molecule has 0 aliphatic carbocycles. The summed E-state index contributed by atoms with van der Waals surface area (Å²) < 4.78 is 7.25. The summed E-state index contributed by atoms with van der Waals surface area (Å²) in [6.45, 7) is 9.56. The predicted octanol–water partition coefficient (Wildman–Crippen LogP) is 4.49. The number of methoxy groups -OCH3 is 1. The molecular weight excluding hydrogens is 436 g/mol. The Labute approximate surface area is 197 Å². The normalized spacial score (nSPS) is 13.0. The fourth-order valence-electron chi connectivity index (χ4n) is 4.06. The maximum atomic E-state index is 13.0. The van der Waals surface area contributed by atoms with Gasteiger partial charge in [0.25, 0.3) is 5.56 Å². The number of aromatic nitrogens is 5. The molecule has 1 aromatic carbocycles. The molecule has 0 fully saturated rings. The summed E-state index contributed by atoms with van der Waals surface area (Å²) in [6.07, 6.45) is 0.807. The largest absolute Gasteiger partial charge is 0.497 e. The van der Waals surface area contributed by atoms with Gasteiger partial charge in [-0.05, 0) is 73.3 Å². The first-order valence-electron chi connectivity index (χ1n) is 11.0. The number of benzene rings is 1. The van der Waals surface area contributed by atoms with Crippen LogP contribution in [0.15, 0.2) is 46.6 Å². The van der Waals surface area contributed by atoms with Crippen molar-refractivity contribution in [3.8, 4) is 5.75 Å². The smallest absolute Gasteiger partial charge is 0.252 e. The van der Waals surface area contributed by atoms with Gasteiger partial charge < -0.3 is 9.72 Å². The minimum Gasteiger partial charge on any atom is -0.497 e. The molecule has 3 aromatic heterocycles. The first-order chi connectivity index (χ1) is 15.8. The summed E-state index contributed by atoms with van der Waals surface area (Å²) in [7, 11) is 1.64. The number of rotatable bonds is 8. The SMILES string of the molecule is CCC(c1nnnn1C(C)(C)C)N(Cc1cccs1)Cc1cc2cc(OC)ccc2[nH]c1=O. The van der Waals surface area contributed by atoms with Gasteiger partial charge in [-0.2, -0.15) is 0 Å². The summed E-state index contributed by atoms with van der Waals surface area (Å²) in [6, 6.07) is 11.7. The maximum Gasteiger partial charge on any atom is 0.252 e. The molecule has 0 radical (unpaired) electrons. The third kappa shape index (κ3) is 4.99. The zero-order chi connectivity index (χ0) is 23.6. The van der Waals surface area contributed by atoms with Gasteiger partial charge in [-0.25, -0.2) is 4.68 Å². The molecule has 0 saturated carbocycles. The monoisotopic (exact) mass is 466 g/mol. The molecule has 4 rings (SSSR count). The van der Waals surface area contributed by atoms with Gasteiger partial charge in [-0.1, -0.05) is 13.0 Å². The second-order valence-electron chi connectivity index (χ2n) is 9.10. The van der Waals surface area contributed by atoms with E-state index in [0.717, 1.165) is 28.9 Å². The molecule has 33 heavy (non-hydrogen) atoms. The van der Waals surface area contributed by atoms with Crippen molar-refractivity contribution >= 4 is 22.2 Å². The molecule has 174 valence electrons. The average molecular weight is 467 g/mol. The quantitative estimate of drug-likeness (QED) is 0.411. The average Bonchev–Trinajstić information content (AvgIpc) is 3.46. The Morgan fingerprint density at radius 3 is 2.70 bits per heavy atom. The third-order valence-electron chi connectivity index (χ3n) is 5.70. The van der Waals surface area contributed by atoms with E-state index in [2.05, 4.69) is 64.6 Å². The topological polar surface area (TPSA) is 88.9 Å². The Bertz CT molecular complexity index is 1270. The van der Waals surface area contributed by atoms with E-state index in [1.807, 2.05) is 35.0 Å². The zero-order valence-electron chi connectivity index (χ0n) is 19.7. The van der Waals surface area contributed by atoms with E-state index in [1.54, 1.807) is 18.4 Å². The zero-order valence-corrected chi connectivity index (χ0v) is 20.5. The molecule has 4 aromatic rings. The molecule has 0 bridgehead atoms. The van der Waals surface area contributed by atoms with Crippen LogP contribution in [0.2, 0.25) is 0 Å². The van der Waals surface area contributed by atoms with E-state index >= 15 is 0 Å². The molecule has 1 atom stereocenters. The second kappa shape index (κ2) is 9.44. The molecule has 9 heteroatoms. The second-order valence-corrected chi connectivity index (χ2v) is 10.1. The molecule has 0 aliphatic rings. The molecule has 0 saturated heterocycles. The number of tetrazole rings is 1. The standard InChI is InChI=1S/C24H30N6O2S/c1-6-21(22-26-27-28-30(22)24(2,3)4)29(15-19-8-7-11-33-19)14-17-12-16-13-18(32-5)9-10-20(16)25-23(17)31/h7-13,21H,6,14-15H2,1-5H3,(H,25,31).